The first-order chi connectivity index (χ1) is 16.5. The fourth-order valence-corrected chi connectivity index (χ4v) is 2.83. The molecule has 0 unspecified atom stereocenters. The first kappa shape index (κ1) is 34.4. The lowest BCUT2D eigenvalue weighted by Gasteiger charge is -2.12. The van der Waals surface area contributed by atoms with Crippen LogP contribution in [-0.2, 0) is 17.8 Å². The number of hydrogen-bond acceptors (Lipinski definition) is 4. The number of hydrogen-bond donors (Lipinski definition) is 3. The molecule has 0 spiro atoms. The highest BCUT2D eigenvalue weighted by molar-refractivity contribution is 6.35. The van der Waals surface area contributed by atoms with Gasteiger partial charge in [-0.25, -0.2) is 8.78 Å². The minimum absolute atomic E-state index is 0.0850. The summed E-state index contributed by atoms with van der Waals surface area (Å²) in [5, 5.41) is 9.84. The van der Waals surface area contributed by atoms with Crippen LogP contribution in [0.25, 0.3) is 0 Å². The minimum Gasteiger partial charge on any atom is -0.394 e. The Morgan fingerprint density at radius 3 is 1.94 bits per heavy atom. The predicted molar refractivity (Wildman–Crippen MR) is 131 cm³/mol. The van der Waals surface area contributed by atoms with Crippen LogP contribution in [0.3, 0.4) is 0 Å². The second-order valence-corrected chi connectivity index (χ2v) is 6.75. The number of carbonyl (C=O) groups is 1. The molecule has 1 aromatic heterocycles. The maximum absolute atomic E-state index is 12.5. The highest BCUT2D eigenvalue weighted by atomic mass is 35.5. The zero-order valence-electron chi connectivity index (χ0n) is 19.7. The Morgan fingerprint density at radius 1 is 1.06 bits per heavy atom. The predicted octanol–water partition coefficient (Wildman–Crippen LogP) is 7.01. The third-order valence-electron chi connectivity index (χ3n) is 3.73. The van der Waals surface area contributed by atoms with Crippen molar-refractivity contribution in [1.82, 2.24) is 10.3 Å². The molecule has 1 heterocycles. The zero-order chi connectivity index (χ0) is 27.6. The summed E-state index contributed by atoms with van der Waals surface area (Å²) >= 11 is 11.7. The molecule has 196 valence electrons. The maximum Gasteiger partial charge on any atom is 0.431 e. The van der Waals surface area contributed by atoms with Crippen molar-refractivity contribution in [1.29, 1.82) is 5.41 Å². The number of halogens is 7. The Hall–Kier alpha value is -2.72. The van der Waals surface area contributed by atoms with E-state index in [-0.39, 0.29) is 35.0 Å². The van der Waals surface area contributed by atoms with E-state index in [1.165, 1.54) is 24.5 Å². The average Bonchev–Trinajstić information content (AvgIpc) is 2.81. The molecule has 5 nitrogen and oxygen atoms in total. The van der Waals surface area contributed by atoms with E-state index in [2.05, 4.69) is 10.3 Å². The van der Waals surface area contributed by atoms with E-state index in [9.17, 15) is 26.7 Å². The molecular weight excluding hydrogens is 514 g/mol. The molecule has 12 heteroatoms. The van der Waals surface area contributed by atoms with Crippen LogP contribution in [0.5, 0.6) is 0 Å². The number of alkyl halides is 3. The average molecular weight is 543 g/mol. The molecule has 0 aliphatic heterocycles. The van der Waals surface area contributed by atoms with Gasteiger partial charge in [-0.2, -0.15) is 13.2 Å². The van der Waals surface area contributed by atoms with E-state index in [1.54, 1.807) is 0 Å². The number of amides is 1. The molecule has 35 heavy (non-hydrogen) atoms. The molecule has 0 aliphatic rings. The maximum atomic E-state index is 12.5. The van der Waals surface area contributed by atoms with Crippen LogP contribution in [0, 0.1) is 17.0 Å². The van der Waals surface area contributed by atoms with Gasteiger partial charge in [0.2, 0.25) is 6.41 Å². The number of aromatic nitrogens is 1. The van der Waals surface area contributed by atoms with Crippen molar-refractivity contribution in [3.05, 3.63) is 74.7 Å². The Labute approximate surface area is 212 Å². The molecule has 1 amide bonds. The molecule has 2 rings (SSSR count). The lowest BCUT2D eigenvalue weighted by Crippen LogP contribution is -2.22. The molecule has 0 radical (unpaired) electrons. The number of nitrogens with two attached hydrogens (primary N) is 1. The van der Waals surface area contributed by atoms with Gasteiger partial charge in [-0.1, -0.05) is 50.9 Å². The van der Waals surface area contributed by atoms with E-state index in [1.807, 2.05) is 27.7 Å². The number of carbonyl (C=O) groups excluding carboxylic acids is 1. The summed E-state index contributed by atoms with van der Waals surface area (Å²) in [7, 11) is 0. The molecule has 0 bridgehead atoms. The van der Waals surface area contributed by atoms with Gasteiger partial charge >= 0.3 is 6.18 Å². The molecule has 0 atom stereocenters. The van der Waals surface area contributed by atoms with Crippen molar-refractivity contribution >= 4 is 35.8 Å². The molecular formula is C23H29Cl2F5N4O. The quantitative estimate of drug-likeness (QED) is 0.199. The summed E-state index contributed by atoms with van der Waals surface area (Å²) < 4.78 is 62.3. The minimum atomic E-state index is -4.65. The van der Waals surface area contributed by atoms with E-state index >= 15 is 0 Å². The Balaban J connectivity index is 0. The van der Waals surface area contributed by atoms with Gasteiger partial charge in [0, 0.05) is 31.2 Å². The van der Waals surface area contributed by atoms with E-state index in [0.717, 1.165) is 6.07 Å². The Morgan fingerprint density at radius 2 is 1.54 bits per heavy atom. The van der Waals surface area contributed by atoms with Crippen molar-refractivity contribution in [3.8, 4) is 0 Å². The van der Waals surface area contributed by atoms with E-state index < -0.39 is 23.5 Å². The van der Waals surface area contributed by atoms with Crippen molar-refractivity contribution in [2.75, 3.05) is 0 Å². The molecule has 4 N–H and O–H groups in total. The van der Waals surface area contributed by atoms with Crippen molar-refractivity contribution in [3.63, 3.8) is 0 Å². The third kappa shape index (κ3) is 13.7. The van der Waals surface area contributed by atoms with Crippen LogP contribution in [0.2, 0.25) is 10.0 Å². The van der Waals surface area contributed by atoms with Crippen molar-refractivity contribution < 1.29 is 26.7 Å². The van der Waals surface area contributed by atoms with Gasteiger partial charge in [0.25, 0.3) is 0 Å². The number of nitrogens with one attached hydrogen (secondary N) is 2. The summed E-state index contributed by atoms with van der Waals surface area (Å²) in [4.78, 5) is 13.6. The lowest BCUT2D eigenvalue weighted by atomic mass is 10.0. The van der Waals surface area contributed by atoms with Crippen molar-refractivity contribution in [2.45, 2.75) is 53.3 Å². The number of rotatable bonds is 7. The molecule has 0 saturated heterocycles. The number of pyridine rings is 1. The van der Waals surface area contributed by atoms with Crippen LogP contribution in [0.15, 0.2) is 41.9 Å². The number of nitrogens with zero attached hydrogens (tertiary/aromatic N) is 1. The zero-order valence-corrected chi connectivity index (χ0v) is 21.3. The van der Waals surface area contributed by atoms with Gasteiger partial charge in [0.1, 0.15) is 17.3 Å². The van der Waals surface area contributed by atoms with Gasteiger partial charge < -0.3 is 16.5 Å². The van der Waals surface area contributed by atoms with Crippen LogP contribution >= 0.6 is 23.2 Å². The van der Waals surface area contributed by atoms with Crippen molar-refractivity contribution in [2.24, 2.45) is 5.73 Å². The van der Waals surface area contributed by atoms with E-state index in [4.69, 9.17) is 34.3 Å². The molecule has 2 aromatic rings. The summed E-state index contributed by atoms with van der Waals surface area (Å²) in [6, 6.07) is 3.11. The second kappa shape index (κ2) is 18.6. The van der Waals surface area contributed by atoms with Crippen LogP contribution in [-0.4, -0.2) is 23.8 Å². The first-order valence-electron chi connectivity index (χ1n) is 10.5. The number of benzene rings is 1. The molecule has 0 aliphatic carbocycles. The van der Waals surface area contributed by atoms with Gasteiger partial charge in [0.15, 0.2) is 0 Å². The van der Waals surface area contributed by atoms with Gasteiger partial charge in [-0.05, 0) is 41.7 Å². The third-order valence-corrected chi connectivity index (χ3v) is 4.39. The highest BCUT2D eigenvalue weighted by Crippen LogP contribution is 2.28. The summed E-state index contributed by atoms with van der Waals surface area (Å²) in [5.74, 6) is -1.28. The van der Waals surface area contributed by atoms with Crippen LogP contribution in [0.1, 0.15) is 45.2 Å². The summed E-state index contributed by atoms with van der Waals surface area (Å²) in [6.45, 7) is 8.14. The molecule has 1 aromatic carbocycles. The highest BCUT2D eigenvalue weighted by Gasteiger charge is 2.33. The normalized spacial score (nSPS) is 10.7. The Kier molecular flexibility index (Phi) is 18.3. The van der Waals surface area contributed by atoms with Crippen LogP contribution < -0.4 is 11.1 Å². The largest absolute Gasteiger partial charge is 0.431 e. The monoisotopic (exact) mass is 542 g/mol. The Bertz CT molecular complexity index is 913. The fraction of sp³-hybridized carbons (Fsp3) is 0.348. The topological polar surface area (TPSA) is 91.9 Å². The second-order valence-electron chi connectivity index (χ2n) is 5.94. The van der Waals surface area contributed by atoms with Gasteiger partial charge in [-0.15, -0.1) is 0 Å². The molecule has 0 fully saturated rings. The first-order valence-corrected chi connectivity index (χ1v) is 11.2. The fourth-order valence-electron chi connectivity index (χ4n) is 2.28. The summed E-state index contributed by atoms with van der Waals surface area (Å²) in [6.07, 6.45) is -0.833. The van der Waals surface area contributed by atoms with E-state index in [0.29, 0.717) is 23.8 Å². The SMILES string of the molecule is CC.CC.N=C/C(CCc1c(Cl)cncc1Cl)=C(\N)C(F)(F)F.O=CNCc1cc(F)cc(F)c1. The standard InChI is InChI=1S/C11H10Cl2F3N3.C8H7F2NO.2C2H6/c12-8-4-19-5-9(13)7(8)2-1-6(3-17)10(18)11(14,15)16;9-7-1-6(4-11-5-12)2-8(10)3-7;2*1-2/h3-5,17H,1-2,18H2;1-3,5H,4H2,(H,11,12);2*1-2H3/b10-6-,17-3?;;;. The summed E-state index contributed by atoms with van der Waals surface area (Å²) in [5.41, 5.74) is 4.27. The van der Waals surface area contributed by atoms with Gasteiger partial charge in [0.05, 0.1) is 10.0 Å². The van der Waals surface area contributed by atoms with Crippen LogP contribution in [0.4, 0.5) is 22.0 Å². The van der Waals surface area contributed by atoms with Gasteiger partial charge in [-0.3, -0.25) is 9.78 Å². The lowest BCUT2D eigenvalue weighted by molar-refractivity contribution is -0.109. The smallest absolute Gasteiger partial charge is 0.394 e. The number of allylic oxidation sites excluding steroid dienone is 2. The molecule has 0 saturated carbocycles.